The third kappa shape index (κ3) is 1.99. The normalized spacial score (nSPS) is 12.0. The lowest BCUT2D eigenvalue weighted by atomic mass is 10.0. The van der Waals surface area contributed by atoms with Gasteiger partial charge in [-0.15, -0.1) is 0 Å². The topological polar surface area (TPSA) is 61.7 Å². The Balaban J connectivity index is 2.30. The smallest absolute Gasteiger partial charge is 0.128 e. The number of imidazole rings is 2. The fourth-order valence-corrected chi connectivity index (χ4v) is 1.68. The molecule has 0 saturated carbocycles. The first-order valence-electron chi connectivity index (χ1n) is 5.24. The van der Waals surface area contributed by atoms with E-state index in [4.69, 9.17) is 5.73 Å². The molecule has 0 radical (unpaired) electrons. The average Bonchev–Trinajstić information content (AvgIpc) is 2.76. The minimum atomic E-state index is -0.387. The van der Waals surface area contributed by atoms with Gasteiger partial charge in [0.15, 0.2) is 0 Å². The first-order valence-corrected chi connectivity index (χ1v) is 5.24. The van der Waals surface area contributed by atoms with Crippen LogP contribution in [0.2, 0.25) is 0 Å². The lowest BCUT2D eigenvalue weighted by molar-refractivity contribution is 0.498. The molecule has 0 atom stereocenters. The molecule has 0 aromatic carbocycles. The van der Waals surface area contributed by atoms with Crippen molar-refractivity contribution < 1.29 is 0 Å². The van der Waals surface area contributed by atoms with Crippen molar-refractivity contribution in [2.45, 2.75) is 25.9 Å². The monoisotopic (exact) mass is 219 g/mol. The van der Waals surface area contributed by atoms with Crippen molar-refractivity contribution in [1.29, 1.82) is 0 Å². The molecule has 0 aliphatic rings. The Labute approximate surface area is 94.9 Å². The highest BCUT2D eigenvalue weighted by atomic mass is 15.1. The van der Waals surface area contributed by atoms with Crippen LogP contribution in [0.1, 0.15) is 25.4 Å². The van der Waals surface area contributed by atoms with Gasteiger partial charge in [-0.2, -0.15) is 0 Å². The van der Waals surface area contributed by atoms with Gasteiger partial charge in [0.2, 0.25) is 0 Å². The summed E-state index contributed by atoms with van der Waals surface area (Å²) >= 11 is 0. The third-order valence-corrected chi connectivity index (χ3v) is 2.61. The van der Waals surface area contributed by atoms with Gasteiger partial charge in [-0.1, -0.05) is 0 Å². The number of aryl methyl sites for hydroxylation is 1. The zero-order valence-corrected chi connectivity index (χ0v) is 9.88. The molecule has 2 aromatic heterocycles. The van der Waals surface area contributed by atoms with Crippen LogP contribution in [-0.4, -0.2) is 19.1 Å². The van der Waals surface area contributed by atoms with Crippen LogP contribution < -0.4 is 5.73 Å². The van der Waals surface area contributed by atoms with E-state index in [1.165, 1.54) is 0 Å². The summed E-state index contributed by atoms with van der Waals surface area (Å²) in [5.41, 5.74) is 6.70. The molecular formula is C11H17N5. The van der Waals surface area contributed by atoms with Crippen molar-refractivity contribution in [1.82, 2.24) is 19.1 Å². The maximum atomic E-state index is 6.08. The van der Waals surface area contributed by atoms with Crippen LogP contribution in [0.5, 0.6) is 0 Å². The zero-order valence-electron chi connectivity index (χ0n) is 9.88. The van der Waals surface area contributed by atoms with Gasteiger partial charge in [-0.05, 0) is 13.8 Å². The fourth-order valence-electron chi connectivity index (χ4n) is 1.68. The van der Waals surface area contributed by atoms with E-state index in [0.29, 0.717) is 6.54 Å². The summed E-state index contributed by atoms with van der Waals surface area (Å²) in [6, 6.07) is 0. The van der Waals surface area contributed by atoms with Crippen molar-refractivity contribution in [3.63, 3.8) is 0 Å². The second kappa shape index (κ2) is 3.75. The Kier molecular flexibility index (Phi) is 2.55. The van der Waals surface area contributed by atoms with E-state index in [-0.39, 0.29) is 5.54 Å². The molecule has 0 saturated heterocycles. The number of nitrogens with two attached hydrogens (primary N) is 1. The van der Waals surface area contributed by atoms with Gasteiger partial charge in [0.05, 0.1) is 24.1 Å². The Morgan fingerprint density at radius 1 is 1.44 bits per heavy atom. The van der Waals surface area contributed by atoms with Gasteiger partial charge in [0.1, 0.15) is 5.82 Å². The number of hydrogen-bond donors (Lipinski definition) is 1. The van der Waals surface area contributed by atoms with E-state index in [1.807, 2.05) is 42.4 Å². The van der Waals surface area contributed by atoms with Crippen molar-refractivity contribution in [2.24, 2.45) is 12.8 Å². The lowest BCUT2D eigenvalue weighted by Gasteiger charge is -2.20. The predicted octanol–water partition coefficient (Wildman–Crippen LogP) is 0.859. The molecular weight excluding hydrogens is 202 g/mol. The van der Waals surface area contributed by atoms with Crippen molar-refractivity contribution in [3.8, 4) is 0 Å². The van der Waals surface area contributed by atoms with Gasteiger partial charge >= 0.3 is 0 Å². The fraction of sp³-hybridized carbons (Fsp3) is 0.455. The molecule has 0 bridgehead atoms. The van der Waals surface area contributed by atoms with E-state index in [0.717, 1.165) is 11.5 Å². The van der Waals surface area contributed by atoms with Crippen molar-refractivity contribution >= 4 is 0 Å². The summed E-state index contributed by atoms with van der Waals surface area (Å²) in [4.78, 5) is 8.43. The predicted molar refractivity (Wildman–Crippen MR) is 61.8 cm³/mol. The summed E-state index contributed by atoms with van der Waals surface area (Å²) in [7, 11) is 1.98. The van der Waals surface area contributed by atoms with E-state index < -0.39 is 0 Å². The maximum Gasteiger partial charge on any atom is 0.128 e. The van der Waals surface area contributed by atoms with Gasteiger partial charge in [0, 0.05) is 25.6 Å². The van der Waals surface area contributed by atoms with E-state index in [1.54, 1.807) is 12.5 Å². The quantitative estimate of drug-likeness (QED) is 0.832. The molecule has 2 heterocycles. The molecule has 0 amide bonds. The Morgan fingerprint density at radius 3 is 2.75 bits per heavy atom. The highest BCUT2D eigenvalue weighted by Crippen LogP contribution is 2.16. The molecule has 0 aliphatic heterocycles. The van der Waals surface area contributed by atoms with Gasteiger partial charge < -0.3 is 14.9 Å². The maximum absolute atomic E-state index is 6.08. The Morgan fingerprint density at radius 2 is 2.19 bits per heavy atom. The molecule has 86 valence electrons. The van der Waals surface area contributed by atoms with Crippen LogP contribution in [-0.2, 0) is 19.1 Å². The molecule has 0 aliphatic carbocycles. The van der Waals surface area contributed by atoms with E-state index >= 15 is 0 Å². The molecule has 0 unspecified atom stereocenters. The first kappa shape index (κ1) is 10.9. The molecule has 0 fully saturated rings. The lowest BCUT2D eigenvalue weighted by Crippen LogP contribution is -2.31. The third-order valence-electron chi connectivity index (χ3n) is 2.61. The average molecular weight is 219 g/mol. The SMILES string of the molecule is Cn1ccnc1Cn1cncc1C(C)(C)N. The van der Waals surface area contributed by atoms with Gasteiger partial charge in [-0.25, -0.2) is 9.97 Å². The minimum absolute atomic E-state index is 0.387. The number of rotatable bonds is 3. The summed E-state index contributed by atoms with van der Waals surface area (Å²) in [6.45, 7) is 4.64. The van der Waals surface area contributed by atoms with Gasteiger partial charge in [0.25, 0.3) is 0 Å². The number of nitrogens with zero attached hydrogens (tertiary/aromatic N) is 4. The minimum Gasteiger partial charge on any atom is -0.337 e. The molecule has 16 heavy (non-hydrogen) atoms. The van der Waals surface area contributed by atoms with E-state index in [2.05, 4.69) is 9.97 Å². The number of hydrogen-bond acceptors (Lipinski definition) is 3. The highest BCUT2D eigenvalue weighted by molar-refractivity contribution is 5.11. The summed E-state index contributed by atoms with van der Waals surface area (Å²) in [6.07, 6.45) is 7.32. The molecule has 5 heteroatoms. The molecule has 5 nitrogen and oxygen atoms in total. The molecule has 2 N–H and O–H groups in total. The van der Waals surface area contributed by atoms with Crippen molar-refractivity contribution in [3.05, 3.63) is 36.4 Å². The second-order valence-corrected chi connectivity index (χ2v) is 4.58. The van der Waals surface area contributed by atoms with Crippen molar-refractivity contribution in [2.75, 3.05) is 0 Å². The second-order valence-electron chi connectivity index (χ2n) is 4.58. The van der Waals surface area contributed by atoms with Crippen LogP contribution in [0.15, 0.2) is 24.9 Å². The Hall–Kier alpha value is -1.62. The first-order chi connectivity index (χ1) is 7.48. The summed E-state index contributed by atoms with van der Waals surface area (Å²) in [5, 5.41) is 0. The van der Waals surface area contributed by atoms with Crippen LogP contribution in [0.3, 0.4) is 0 Å². The molecule has 2 rings (SSSR count). The van der Waals surface area contributed by atoms with Crippen LogP contribution in [0.25, 0.3) is 0 Å². The largest absolute Gasteiger partial charge is 0.337 e. The highest BCUT2D eigenvalue weighted by Gasteiger charge is 2.19. The summed E-state index contributed by atoms with van der Waals surface area (Å²) in [5.74, 6) is 0.989. The van der Waals surface area contributed by atoms with E-state index in [9.17, 15) is 0 Å². The number of aromatic nitrogens is 4. The molecule has 0 spiro atoms. The molecule has 2 aromatic rings. The Bertz CT molecular complexity index is 475. The van der Waals surface area contributed by atoms with Crippen LogP contribution in [0.4, 0.5) is 0 Å². The summed E-state index contributed by atoms with van der Waals surface area (Å²) < 4.78 is 4.02. The van der Waals surface area contributed by atoms with Crippen LogP contribution in [0, 0.1) is 0 Å². The zero-order chi connectivity index (χ0) is 11.8. The van der Waals surface area contributed by atoms with Crippen LogP contribution >= 0.6 is 0 Å². The van der Waals surface area contributed by atoms with Gasteiger partial charge in [-0.3, -0.25) is 0 Å². The standard InChI is InChI=1S/C11H17N5/c1-11(2,12)9-6-13-8-16(9)7-10-14-4-5-15(10)3/h4-6,8H,7,12H2,1-3H3.